The van der Waals surface area contributed by atoms with E-state index in [4.69, 9.17) is 4.74 Å². The second-order valence-corrected chi connectivity index (χ2v) is 6.29. The SMILES string of the molecule is CCc1ccc(NC(=O)COC(=O)CSc2ccccc2[N+](=O)[O-])cc1. The number of amides is 1. The molecular weight excluding hydrogens is 356 g/mol. The Balaban J connectivity index is 1.77. The topological polar surface area (TPSA) is 98.5 Å². The Bertz CT molecular complexity index is 792. The van der Waals surface area contributed by atoms with Crippen LogP contribution in [0.15, 0.2) is 53.4 Å². The number of benzene rings is 2. The smallest absolute Gasteiger partial charge is 0.316 e. The van der Waals surface area contributed by atoms with Crippen LogP contribution in [0.25, 0.3) is 0 Å². The lowest BCUT2D eigenvalue weighted by atomic mass is 10.1. The van der Waals surface area contributed by atoms with Crippen molar-refractivity contribution < 1.29 is 19.2 Å². The Kier molecular flexibility index (Phi) is 7.16. The van der Waals surface area contributed by atoms with Gasteiger partial charge in [-0.05, 0) is 30.2 Å². The van der Waals surface area contributed by atoms with Crippen LogP contribution in [0, 0.1) is 10.1 Å². The molecule has 0 radical (unpaired) electrons. The maximum atomic E-state index is 11.8. The fraction of sp³-hybridized carbons (Fsp3) is 0.222. The molecule has 7 nitrogen and oxygen atoms in total. The molecule has 1 amide bonds. The molecule has 26 heavy (non-hydrogen) atoms. The fourth-order valence-electron chi connectivity index (χ4n) is 2.08. The van der Waals surface area contributed by atoms with Crippen LogP contribution >= 0.6 is 11.8 Å². The summed E-state index contributed by atoms with van der Waals surface area (Å²) in [6.45, 7) is 1.63. The van der Waals surface area contributed by atoms with Gasteiger partial charge in [-0.3, -0.25) is 19.7 Å². The summed E-state index contributed by atoms with van der Waals surface area (Å²) in [4.78, 5) is 34.3. The Morgan fingerprint density at radius 1 is 1.15 bits per heavy atom. The van der Waals surface area contributed by atoms with E-state index in [0.717, 1.165) is 23.7 Å². The van der Waals surface area contributed by atoms with Gasteiger partial charge in [0.05, 0.1) is 15.6 Å². The van der Waals surface area contributed by atoms with Crippen LogP contribution < -0.4 is 5.32 Å². The molecule has 136 valence electrons. The van der Waals surface area contributed by atoms with Gasteiger partial charge in [0.15, 0.2) is 6.61 Å². The van der Waals surface area contributed by atoms with Crippen LogP contribution in [0.5, 0.6) is 0 Å². The number of carbonyl (C=O) groups excluding carboxylic acids is 2. The normalized spacial score (nSPS) is 10.2. The maximum absolute atomic E-state index is 11.8. The largest absolute Gasteiger partial charge is 0.455 e. The molecular formula is C18H18N2O5S. The number of esters is 1. The molecule has 0 aliphatic carbocycles. The van der Waals surface area contributed by atoms with E-state index >= 15 is 0 Å². The quantitative estimate of drug-likeness (QED) is 0.329. The van der Waals surface area contributed by atoms with Crippen LogP contribution in [0.2, 0.25) is 0 Å². The first-order chi connectivity index (χ1) is 12.5. The predicted molar refractivity (Wildman–Crippen MR) is 99.2 cm³/mol. The molecule has 2 aromatic rings. The Hall–Kier alpha value is -2.87. The lowest BCUT2D eigenvalue weighted by Crippen LogP contribution is -2.21. The fourth-order valence-corrected chi connectivity index (χ4v) is 2.90. The second kappa shape index (κ2) is 9.57. The molecule has 0 saturated carbocycles. The zero-order chi connectivity index (χ0) is 18.9. The van der Waals surface area contributed by atoms with E-state index in [1.165, 1.54) is 6.07 Å². The molecule has 1 N–H and O–H groups in total. The van der Waals surface area contributed by atoms with Gasteiger partial charge < -0.3 is 10.1 Å². The van der Waals surface area contributed by atoms with Crippen molar-refractivity contribution in [3.05, 3.63) is 64.2 Å². The number of carbonyl (C=O) groups is 2. The number of ether oxygens (including phenoxy) is 1. The Morgan fingerprint density at radius 3 is 2.50 bits per heavy atom. The van der Waals surface area contributed by atoms with Gasteiger partial charge in [-0.2, -0.15) is 0 Å². The molecule has 0 heterocycles. The summed E-state index contributed by atoms with van der Waals surface area (Å²) >= 11 is 0.995. The van der Waals surface area contributed by atoms with E-state index in [-0.39, 0.29) is 11.4 Å². The number of anilines is 1. The minimum absolute atomic E-state index is 0.0708. The standard InChI is InChI=1S/C18H18N2O5S/c1-2-13-7-9-14(10-8-13)19-17(21)11-25-18(22)12-26-16-6-4-3-5-15(16)20(23)24/h3-10H,2,11-12H2,1H3,(H,19,21). The summed E-state index contributed by atoms with van der Waals surface area (Å²) in [5.41, 5.74) is 1.71. The molecule has 0 aliphatic rings. The van der Waals surface area contributed by atoms with E-state index in [1.54, 1.807) is 30.3 Å². The van der Waals surface area contributed by atoms with Crippen LogP contribution in [0.3, 0.4) is 0 Å². The Morgan fingerprint density at radius 2 is 1.85 bits per heavy atom. The number of nitrogens with one attached hydrogen (secondary N) is 1. The van der Waals surface area contributed by atoms with Crippen molar-refractivity contribution in [1.82, 2.24) is 0 Å². The number of hydrogen-bond donors (Lipinski definition) is 1. The second-order valence-electron chi connectivity index (χ2n) is 5.27. The van der Waals surface area contributed by atoms with Crippen LogP contribution in [0.1, 0.15) is 12.5 Å². The molecule has 0 spiro atoms. The molecule has 0 bridgehead atoms. The van der Waals surface area contributed by atoms with Gasteiger partial charge in [-0.25, -0.2) is 0 Å². The lowest BCUT2D eigenvalue weighted by Gasteiger charge is -2.07. The zero-order valence-corrected chi connectivity index (χ0v) is 15.0. The number of nitro groups is 1. The van der Waals surface area contributed by atoms with Gasteiger partial charge in [0.2, 0.25) is 0 Å². The first-order valence-electron chi connectivity index (χ1n) is 7.90. The van der Waals surface area contributed by atoms with Gasteiger partial charge in [-0.15, -0.1) is 11.8 Å². The molecule has 0 unspecified atom stereocenters. The summed E-state index contributed by atoms with van der Waals surface area (Å²) in [6, 6.07) is 13.5. The summed E-state index contributed by atoms with van der Waals surface area (Å²) in [5.74, 6) is -1.19. The number of para-hydroxylation sites is 1. The minimum atomic E-state index is -0.621. The van der Waals surface area contributed by atoms with E-state index < -0.39 is 23.4 Å². The average Bonchev–Trinajstić information content (AvgIpc) is 2.65. The molecule has 0 fully saturated rings. The third-order valence-electron chi connectivity index (χ3n) is 3.42. The number of hydrogen-bond acceptors (Lipinski definition) is 6. The predicted octanol–water partition coefficient (Wildman–Crippen LogP) is 3.43. The highest BCUT2D eigenvalue weighted by Crippen LogP contribution is 2.28. The van der Waals surface area contributed by atoms with Gasteiger partial charge in [0.25, 0.3) is 11.6 Å². The number of thioether (sulfide) groups is 1. The van der Waals surface area contributed by atoms with Gasteiger partial charge in [0, 0.05) is 11.8 Å². The summed E-state index contributed by atoms with van der Waals surface area (Å²) in [5, 5.41) is 13.6. The zero-order valence-electron chi connectivity index (χ0n) is 14.1. The molecule has 8 heteroatoms. The van der Waals surface area contributed by atoms with Crippen molar-refractivity contribution >= 4 is 35.0 Å². The maximum Gasteiger partial charge on any atom is 0.316 e. The summed E-state index contributed by atoms with van der Waals surface area (Å²) < 4.78 is 4.90. The number of rotatable bonds is 8. The van der Waals surface area contributed by atoms with Crippen molar-refractivity contribution in [2.45, 2.75) is 18.2 Å². The highest BCUT2D eigenvalue weighted by atomic mass is 32.2. The van der Waals surface area contributed by atoms with Crippen molar-refractivity contribution in [3.8, 4) is 0 Å². The van der Waals surface area contributed by atoms with E-state index in [0.29, 0.717) is 10.6 Å². The van der Waals surface area contributed by atoms with Crippen molar-refractivity contribution in [1.29, 1.82) is 0 Å². The molecule has 0 atom stereocenters. The van der Waals surface area contributed by atoms with Gasteiger partial charge in [0.1, 0.15) is 0 Å². The van der Waals surface area contributed by atoms with Crippen LogP contribution in [-0.4, -0.2) is 29.2 Å². The van der Waals surface area contributed by atoms with Crippen LogP contribution in [0.4, 0.5) is 11.4 Å². The van der Waals surface area contributed by atoms with Crippen molar-refractivity contribution in [2.24, 2.45) is 0 Å². The third kappa shape index (κ3) is 5.89. The highest BCUT2D eigenvalue weighted by molar-refractivity contribution is 8.00. The van der Waals surface area contributed by atoms with Gasteiger partial charge in [-0.1, -0.05) is 31.2 Å². The first kappa shape index (κ1) is 19.5. The van der Waals surface area contributed by atoms with E-state index in [1.807, 2.05) is 19.1 Å². The number of nitrogens with zero attached hydrogens (tertiary/aromatic N) is 1. The minimum Gasteiger partial charge on any atom is -0.455 e. The molecule has 0 aliphatic heterocycles. The van der Waals surface area contributed by atoms with E-state index in [2.05, 4.69) is 5.32 Å². The van der Waals surface area contributed by atoms with Crippen molar-refractivity contribution in [3.63, 3.8) is 0 Å². The molecule has 2 rings (SSSR count). The van der Waals surface area contributed by atoms with Crippen molar-refractivity contribution in [2.75, 3.05) is 17.7 Å². The highest BCUT2D eigenvalue weighted by Gasteiger charge is 2.15. The third-order valence-corrected chi connectivity index (χ3v) is 4.45. The van der Waals surface area contributed by atoms with Gasteiger partial charge >= 0.3 is 5.97 Å². The first-order valence-corrected chi connectivity index (χ1v) is 8.88. The lowest BCUT2D eigenvalue weighted by molar-refractivity contribution is -0.387. The monoisotopic (exact) mass is 374 g/mol. The summed E-state index contributed by atoms with van der Waals surface area (Å²) in [7, 11) is 0. The number of aryl methyl sites for hydroxylation is 1. The number of nitro benzene ring substituents is 1. The molecule has 0 saturated heterocycles. The molecule has 0 aromatic heterocycles. The Labute approximate surface area is 154 Å². The van der Waals surface area contributed by atoms with Crippen LogP contribution in [-0.2, 0) is 20.7 Å². The van der Waals surface area contributed by atoms with E-state index in [9.17, 15) is 19.7 Å². The average molecular weight is 374 g/mol. The molecule has 2 aromatic carbocycles. The summed E-state index contributed by atoms with van der Waals surface area (Å²) in [6.07, 6.45) is 0.906.